The molecule has 2 fully saturated rings. The summed E-state index contributed by atoms with van der Waals surface area (Å²) in [7, 11) is 0. The van der Waals surface area contributed by atoms with Gasteiger partial charge < -0.3 is 11.1 Å². The zero-order valence-corrected chi connectivity index (χ0v) is 10.4. The van der Waals surface area contributed by atoms with E-state index in [4.69, 9.17) is 5.73 Å². The number of carbonyl (C=O) groups is 1. The fourth-order valence-electron chi connectivity index (χ4n) is 3.33. The second-order valence-corrected chi connectivity index (χ2v) is 5.91. The predicted octanol–water partition coefficient (Wildman–Crippen LogP) is 1.52. The average molecular weight is 224 g/mol. The lowest BCUT2D eigenvalue weighted by Crippen LogP contribution is -2.45. The minimum Gasteiger partial charge on any atom is -0.356 e. The van der Waals surface area contributed by atoms with E-state index in [1.807, 2.05) is 0 Å². The summed E-state index contributed by atoms with van der Waals surface area (Å²) in [5, 5.41) is 3.05. The molecule has 2 aliphatic rings. The molecule has 0 aliphatic heterocycles. The Balaban J connectivity index is 1.81. The summed E-state index contributed by atoms with van der Waals surface area (Å²) in [6, 6.07) is 0.123. The summed E-state index contributed by atoms with van der Waals surface area (Å²) >= 11 is 0. The van der Waals surface area contributed by atoms with Crippen molar-refractivity contribution >= 4 is 5.91 Å². The first-order chi connectivity index (χ1) is 7.59. The Morgan fingerprint density at radius 2 is 2.06 bits per heavy atom. The maximum Gasteiger partial charge on any atom is 0.224 e. The summed E-state index contributed by atoms with van der Waals surface area (Å²) in [6.07, 6.45) is 4.69. The SMILES string of the molecule is CC(C)CCNC(=O)C1C2CCC(C2)C1N. The van der Waals surface area contributed by atoms with Gasteiger partial charge in [-0.3, -0.25) is 4.79 Å². The van der Waals surface area contributed by atoms with Gasteiger partial charge in [0.05, 0.1) is 5.92 Å². The molecule has 4 atom stereocenters. The monoisotopic (exact) mass is 224 g/mol. The summed E-state index contributed by atoms with van der Waals surface area (Å²) in [5.74, 6) is 2.14. The molecule has 4 unspecified atom stereocenters. The van der Waals surface area contributed by atoms with Gasteiger partial charge in [0, 0.05) is 12.6 Å². The van der Waals surface area contributed by atoms with Crippen LogP contribution < -0.4 is 11.1 Å². The molecule has 2 rings (SSSR count). The van der Waals surface area contributed by atoms with E-state index < -0.39 is 0 Å². The Bertz CT molecular complexity index is 263. The van der Waals surface area contributed by atoms with Crippen molar-refractivity contribution in [2.75, 3.05) is 6.54 Å². The van der Waals surface area contributed by atoms with Crippen LogP contribution in [-0.4, -0.2) is 18.5 Å². The van der Waals surface area contributed by atoms with Gasteiger partial charge in [0.25, 0.3) is 0 Å². The molecule has 0 aromatic rings. The van der Waals surface area contributed by atoms with Crippen LogP contribution in [-0.2, 0) is 4.79 Å². The van der Waals surface area contributed by atoms with Crippen molar-refractivity contribution in [3.63, 3.8) is 0 Å². The Hall–Kier alpha value is -0.570. The fourth-order valence-corrected chi connectivity index (χ4v) is 3.33. The van der Waals surface area contributed by atoms with Crippen molar-refractivity contribution in [1.82, 2.24) is 5.32 Å². The van der Waals surface area contributed by atoms with Gasteiger partial charge in [-0.1, -0.05) is 13.8 Å². The van der Waals surface area contributed by atoms with Crippen LogP contribution in [0.15, 0.2) is 0 Å². The first-order valence-corrected chi connectivity index (χ1v) is 6.63. The van der Waals surface area contributed by atoms with Gasteiger partial charge in [-0.25, -0.2) is 0 Å². The Labute approximate surface area is 98.2 Å². The third-order valence-corrected chi connectivity index (χ3v) is 4.30. The number of fused-ring (bicyclic) bond motifs is 2. The molecular formula is C13H24N2O. The standard InChI is InChI=1S/C13H24N2O/c1-8(2)5-6-15-13(16)11-9-3-4-10(7-9)12(11)14/h8-12H,3-7,14H2,1-2H3,(H,15,16). The van der Waals surface area contributed by atoms with Crippen molar-refractivity contribution in [1.29, 1.82) is 0 Å². The lowest BCUT2D eigenvalue weighted by molar-refractivity contribution is -0.127. The van der Waals surface area contributed by atoms with Crippen LogP contribution in [0.3, 0.4) is 0 Å². The molecular weight excluding hydrogens is 200 g/mol. The normalized spacial score (nSPS) is 37.0. The average Bonchev–Trinajstić information content (AvgIpc) is 2.76. The van der Waals surface area contributed by atoms with Crippen molar-refractivity contribution in [2.24, 2.45) is 29.4 Å². The Morgan fingerprint density at radius 3 is 2.62 bits per heavy atom. The molecule has 0 aromatic heterocycles. The quantitative estimate of drug-likeness (QED) is 0.760. The van der Waals surface area contributed by atoms with Crippen molar-refractivity contribution in [3.8, 4) is 0 Å². The number of carbonyl (C=O) groups excluding carboxylic acids is 1. The number of rotatable bonds is 4. The van der Waals surface area contributed by atoms with Crippen LogP contribution in [0.5, 0.6) is 0 Å². The summed E-state index contributed by atoms with van der Waals surface area (Å²) in [6.45, 7) is 5.15. The smallest absolute Gasteiger partial charge is 0.224 e. The summed E-state index contributed by atoms with van der Waals surface area (Å²) in [4.78, 5) is 12.0. The number of nitrogens with two attached hydrogens (primary N) is 1. The highest BCUT2D eigenvalue weighted by atomic mass is 16.1. The molecule has 0 radical (unpaired) electrons. The molecule has 1 amide bonds. The van der Waals surface area contributed by atoms with E-state index in [1.165, 1.54) is 19.3 Å². The Kier molecular flexibility index (Phi) is 3.53. The first kappa shape index (κ1) is 11.9. The predicted molar refractivity (Wildman–Crippen MR) is 64.8 cm³/mol. The topological polar surface area (TPSA) is 55.1 Å². The lowest BCUT2D eigenvalue weighted by Gasteiger charge is -2.27. The van der Waals surface area contributed by atoms with E-state index in [1.54, 1.807) is 0 Å². The maximum absolute atomic E-state index is 12.0. The number of hydrogen-bond acceptors (Lipinski definition) is 2. The van der Waals surface area contributed by atoms with E-state index in [-0.39, 0.29) is 17.9 Å². The zero-order valence-electron chi connectivity index (χ0n) is 10.4. The van der Waals surface area contributed by atoms with Gasteiger partial charge in [-0.2, -0.15) is 0 Å². The highest BCUT2D eigenvalue weighted by molar-refractivity contribution is 5.80. The van der Waals surface area contributed by atoms with Crippen molar-refractivity contribution in [2.45, 2.75) is 45.6 Å². The van der Waals surface area contributed by atoms with Crippen LogP contribution >= 0.6 is 0 Å². The summed E-state index contributed by atoms with van der Waals surface area (Å²) in [5.41, 5.74) is 6.14. The molecule has 2 saturated carbocycles. The maximum atomic E-state index is 12.0. The second kappa shape index (κ2) is 4.74. The van der Waals surface area contributed by atoms with Crippen LogP contribution in [0.1, 0.15) is 39.5 Å². The van der Waals surface area contributed by atoms with Crippen molar-refractivity contribution < 1.29 is 4.79 Å². The van der Waals surface area contributed by atoms with Crippen LogP contribution in [0.4, 0.5) is 0 Å². The number of amides is 1. The number of nitrogens with one attached hydrogen (secondary N) is 1. The van der Waals surface area contributed by atoms with Crippen LogP contribution in [0.25, 0.3) is 0 Å². The largest absolute Gasteiger partial charge is 0.356 e. The Morgan fingerprint density at radius 1 is 1.38 bits per heavy atom. The number of hydrogen-bond donors (Lipinski definition) is 2. The molecule has 0 saturated heterocycles. The zero-order chi connectivity index (χ0) is 11.7. The van der Waals surface area contributed by atoms with E-state index in [0.717, 1.165) is 13.0 Å². The third-order valence-electron chi connectivity index (χ3n) is 4.30. The van der Waals surface area contributed by atoms with Gasteiger partial charge in [0.15, 0.2) is 0 Å². The molecule has 0 spiro atoms. The minimum absolute atomic E-state index is 0.103. The molecule has 2 aliphatic carbocycles. The van der Waals surface area contributed by atoms with E-state index >= 15 is 0 Å². The molecule has 16 heavy (non-hydrogen) atoms. The van der Waals surface area contributed by atoms with Gasteiger partial charge >= 0.3 is 0 Å². The molecule has 0 heterocycles. The lowest BCUT2D eigenvalue weighted by atomic mass is 9.84. The molecule has 92 valence electrons. The van der Waals surface area contributed by atoms with E-state index in [2.05, 4.69) is 19.2 Å². The highest BCUT2D eigenvalue weighted by Crippen LogP contribution is 2.47. The third kappa shape index (κ3) is 2.24. The molecule has 3 heteroatoms. The first-order valence-electron chi connectivity index (χ1n) is 6.63. The van der Waals surface area contributed by atoms with Crippen LogP contribution in [0.2, 0.25) is 0 Å². The van der Waals surface area contributed by atoms with Gasteiger partial charge in [0.2, 0.25) is 5.91 Å². The molecule has 3 nitrogen and oxygen atoms in total. The minimum atomic E-state index is 0.103. The molecule has 3 N–H and O–H groups in total. The van der Waals surface area contributed by atoms with E-state index in [0.29, 0.717) is 17.8 Å². The van der Waals surface area contributed by atoms with Crippen molar-refractivity contribution in [3.05, 3.63) is 0 Å². The highest BCUT2D eigenvalue weighted by Gasteiger charge is 2.48. The van der Waals surface area contributed by atoms with Gasteiger partial charge in [0.1, 0.15) is 0 Å². The summed E-state index contributed by atoms with van der Waals surface area (Å²) < 4.78 is 0. The second-order valence-electron chi connectivity index (χ2n) is 5.91. The van der Waals surface area contributed by atoms with Crippen LogP contribution in [0, 0.1) is 23.7 Å². The van der Waals surface area contributed by atoms with E-state index in [9.17, 15) is 4.79 Å². The van der Waals surface area contributed by atoms with Gasteiger partial charge in [-0.15, -0.1) is 0 Å². The van der Waals surface area contributed by atoms with Gasteiger partial charge in [-0.05, 0) is 43.4 Å². The fraction of sp³-hybridized carbons (Fsp3) is 0.923. The molecule has 2 bridgehead atoms. The molecule has 0 aromatic carbocycles.